The molecule has 8 aliphatic carbocycles. The van der Waals surface area contributed by atoms with E-state index in [-0.39, 0.29) is 0 Å². The molecule has 8 bridgehead atoms. The topological polar surface area (TPSA) is 9.86 Å². The summed E-state index contributed by atoms with van der Waals surface area (Å²) in [6.07, 6.45) is 17.6. The van der Waals surface area contributed by atoms with Gasteiger partial charge >= 0.3 is 0 Å². The Morgan fingerprint density at radius 1 is 0.457 bits per heavy atom. The first kappa shape index (κ1) is 20.0. The molecular formula is C33H39N2-. The van der Waals surface area contributed by atoms with Crippen LogP contribution in [0.4, 0.5) is 0 Å². The summed E-state index contributed by atoms with van der Waals surface area (Å²) in [6, 6.07) is 20.2. The van der Waals surface area contributed by atoms with Gasteiger partial charge < -0.3 is 9.13 Å². The van der Waals surface area contributed by atoms with Gasteiger partial charge in [-0.1, -0.05) is 59.3 Å². The van der Waals surface area contributed by atoms with E-state index >= 15 is 0 Å². The van der Waals surface area contributed by atoms with E-state index < -0.39 is 0 Å². The van der Waals surface area contributed by atoms with Gasteiger partial charge in [-0.15, -0.1) is 0 Å². The maximum atomic E-state index is 2.85. The molecule has 2 nitrogen and oxygen atoms in total. The third kappa shape index (κ3) is 2.86. The normalized spacial score (nSPS) is 42.9. The average Bonchev–Trinajstić information content (AvgIpc) is 2.99. The van der Waals surface area contributed by atoms with Crippen molar-refractivity contribution in [2.75, 3.05) is 0 Å². The minimum atomic E-state index is 0.692. The Labute approximate surface area is 209 Å². The molecule has 0 radical (unpaired) electrons. The average molecular weight is 464 g/mol. The van der Waals surface area contributed by atoms with E-state index in [1.807, 2.05) is 0 Å². The molecule has 3 aromatic rings. The predicted molar refractivity (Wildman–Crippen MR) is 143 cm³/mol. The fourth-order valence-corrected chi connectivity index (χ4v) is 11.3. The van der Waals surface area contributed by atoms with Crippen LogP contribution in [-0.2, 0) is 0 Å². The Hall–Kier alpha value is -2.09. The van der Waals surface area contributed by atoms with Crippen LogP contribution in [0.15, 0.2) is 54.9 Å². The molecule has 0 atom stereocenters. The number of nitrogens with zero attached hydrogens (tertiary/aromatic N) is 2. The van der Waals surface area contributed by atoms with Crippen LogP contribution in [0.1, 0.15) is 76.3 Å². The number of hydrogen-bond donors (Lipinski definition) is 0. The maximum Gasteiger partial charge on any atom is 0.0176 e. The summed E-state index contributed by atoms with van der Waals surface area (Å²) >= 11 is 0. The van der Waals surface area contributed by atoms with E-state index in [2.05, 4.69) is 64.0 Å². The third-order valence-corrected chi connectivity index (χ3v) is 11.9. The van der Waals surface area contributed by atoms with Crippen molar-refractivity contribution in [1.82, 2.24) is 9.13 Å². The number of hydrogen-bond acceptors (Lipinski definition) is 0. The van der Waals surface area contributed by atoms with E-state index in [0.717, 1.165) is 47.3 Å². The van der Waals surface area contributed by atoms with Crippen LogP contribution in [0.25, 0.3) is 21.8 Å². The molecular weight excluding hydrogens is 424 g/mol. The van der Waals surface area contributed by atoms with Crippen molar-refractivity contribution in [1.29, 1.82) is 0 Å². The zero-order chi connectivity index (χ0) is 22.7. The lowest BCUT2D eigenvalue weighted by Crippen LogP contribution is -2.47. The summed E-state index contributed by atoms with van der Waals surface area (Å²) < 4.78 is 5.71. The van der Waals surface area contributed by atoms with Crippen molar-refractivity contribution >= 4 is 21.8 Å². The van der Waals surface area contributed by atoms with Gasteiger partial charge in [-0.25, -0.2) is 0 Å². The molecule has 8 aliphatic rings. The van der Waals surface area contributed by atoms with Crippen molar-refractivity contribution in [3.8, 4) is 0 Å². The lowest BCUT2D eigenvalue weighted by molar-refractivity contribution is -0.0349. The van der Waals surface area contributed by atoms with Crippen LogP contribution in [0.2, 0.25) is 0 Å². The molecule has 0 saturated heterocycles. The summed E-state index contributed by atoms with van der Waals surface area (Å²) in [5, 5.41) is 2.92. The molecule has 0 aliphatic heterocycles. The number of fused-ring (bicyclic) bond motifs is 3. The Kier molecular flexibility index (Phi) is 4.14. The lowest BCUT2D eigenvalue weighted by atomic mass is 9.54. The highest BCUT2D eigenvalue weighted by atomic mass is 15.1. The molecule has 2 heteroatoms. The molecule has 11 rings (SSSR count). The quantitative estimate of drug-likeness (QED) is 0.337. The van der Waals surface area contributed by atoms with Gasteiger partial charge in [0.15, 0.2) is 0 Å². The monoisotopic (exact) mass is 463 g/mol. The summed E-state index contributed by atoms with van der Waals surface area (Å²) in [5.41, 5.74) is 2.95. The first-order valence-corrected chi connectivity index (χ1v) is 14.9. The lowest BCUT2D eigenvalue weighted by Gasteiger charge is -2.57. The van der Waals surface area contributed by atoms with Gasteiger partial charge in [-0.2, -0.15) is 0 Å². The minimum absolute atomic E-state index is 0.692. The van der Waals surface area contributed by atoms with Crippen LogP contribution in [0.3, 0.4) is 0 Å². The third-order valence-electron chi connectivity index (χ3n) is 11.9. The maximum absolute atomic E-state index is 2.85. The number of para-hydroxylation sites is 2. The molecule has 0 spiro atoms. The predicted octanol–water partition coefficient (Wildman–Crippen LogP) is 8.43. The molecule has 2 aromatic carbocycles. The largest absolute Gasteiger partial charge is 0.435 e. The second kappa shape index (κ2) is 7.24. The van der Waals surface area contributed by atoms with Gasteiger partial charge in [0.25, 0.3) is 0 Å². The molecule has 8 saturated carbocycles. The Balaban J connectivity index is 1.32. The summed E-state index contributed by atoms with van der Waals surface area (Å²) in [5.74, 6) is 7.63. The van der Waals surface area contributed by atoms with Crippen LogP contribution in [0, 0.1) is 47.3 Å². The molecule has 8 fully saturated rings. The van der Waals surface area contributed by atoms with Crippen molar-refractivity contribution in [2.45, 2.75) is 76.3 Å². The first-order valence-electron chi connectivity index (χ1n) is 14.9. The van der Waals surface area contributed by atoms with E-state index in [1.54, 1.807) is 0 Å². The number of benzene rings is 2. The fourth-order valence-electron chi connectivity index (χ4n) is 11.3. The van der Waals surface area contributed by atoms with Gasteiger partial charge in [0.05, 0.1) is 0 Å². The molecule has 1 aromatic heterocycles. The molecule has 0 unspecified atom stereocenters. The fraction of sp³-hybridized carbons (Fsp3) is 0.606. The molecule has 0 N–H and O–H groups in total. The second-order valence-corrected chi connectivity index (χ2v) is 13.8. The van der Waals surface area contributed by atoms with Crippen molar-refractivity contribution in [3.05, 3.63) is 54.9 Å². The standard InChI is InChI=1S/C33H39N2/c1-3-7-30-28(5-1)29-6-2-4-8-31(29)35(33-26-15-22-10-23(17-26)18-27(33)16-22)19-34(30)32-24-11-20-9-21(13-24)14-25(32)12-20/h1-8,19-27,32-33H,9-18H2/q-1. The molecule has 182 valence electrons. The number of aromatic nitrogens is 2. The second-order valence-electron chi connectivity index (χ2n) is 13.8. The van der Waals surface area contributed by atoms with Gasteiger partial charge in [0.2, 0.25) is 0 Å². The zero-order valence-electron chi connectivity index (χ0n) is 20.9. The van der Waals surface area contributed by atoms with Crippen LogP contribution < -0.4 is 0 Å². The zero-order valence-corrected chi connectivity index (χ0v) is 20.9. The molecule has 1 heterocycles. The van der Waals surface area contributed by atoms with E-state index in [9.17, 15) is 0 Å². The Bertz CT molecular complexity index is 1190. The van der Waals surface area contributed by atoms with Crippen LogP contribution in [-0.4, -0.2) is 9.13 Å². The van der Waals surface area contributed by atoms with Gasteiger partial charge in [0, 0.05) is 12.1 Å². The summed E-state index contributed by atoms with van der Waals surface area (Å²) in [7, 11) is 0. The smallest absolute Gasteiger partial charge is 0.0176 e. The van der Waals surface area contributed by atoms with E-state index in [1.165, 1.54) is 86.0 Å². The highest BCUT2D eigenvalue weighted by Crippen LogP contribution is 2.60. The van der Waals surface area contributed by atoms with Gasteiger partial charge in [-0.3, -0.25) is 0 Å². The highest BCUT2D eigenvalue weighted by Gasteiger charge is 2.50. The molecule has 0 amide bonds. The van der Waals surface area contributed by atoms with Crippen molar-refractivity contribution in [3.63, 3.8) is 0 Å². The van der Waals surface area contributed by atoms with Gasteiger partial charge in [-0.05, 0) is 129 Å². The Morgan fingerprint density at radius 3 is 1.17 bits per heavy atom. The van der Waals surface area contributed by atoms with Gasteiger partial charge in [0.1, 0.15) is 0 Å². The van der Waals surface area contributed by atoms with Crippen LogP contribution >= 0.6 is 0 Å². The Morgan fingerprint density at radius 2 is 0.800 bits per heavy atom. The minimum Gasteiger partial charge on any atom is -0.435 e. The van der Waals surface area contributed by atoms with Crippen molar-refractivity contribution < 1.29 is 0 Å². The van der Waals surface area contributed by atoms with E-state index in [4.69, 9.17) is 0 Å². The van der Waals surface area contributed by atoms with E-state index in [0.29, 0.717) is 12.1 Å². The van der Waals surface area contributed by atoms with Crippen LogP contribution in [0.5, 0.6) is 0 Å². The SMILES string of the molecule is c1ccc2c(c1)c1ccccc1n(C1C3CC4CC(C3)CC1C4)[cH-]n2C1C2CC3CC(C2)CC1C3. The first-order chi connectivity index (χ1) is 17.3. The number of rotatable bonds is 2. The summed E-state index contributed by atoms with van der Waals surface area (Å²) in [6.45, 7) is 0. The highest BCUT2D eigenvalue weighted by molar-refractivity contribution is 6.03. The van der Waals surface area contributed by atoms with Crippen molar-refractivity contribution in [2.24, 2.45) is 47.3 Å². The molecule has 35 heavy (non-hydrogen) atoms. The summed E-state index contributed by atoms with van der Waals surface area (Å²) in [4.78, 5) is 0.